The van der Waals surface area contributed by atoms with Crippen LogP contribution in [0, 0.1) is 13.8 Å². The third-order valence-electron chi connectivity index (χ3n) is 6.27. The van der Waals surface area contributed by atoms with Gasteiger partial charge in [-0.3, -0.25) is 4.79 Å². The van der Waals surface area contributed by atoms with Crippen molar-refractivity contribution in [2.24, 2.45) is 0 Å². The van der Waals surface area contributed by atoms with Gasteiger partial charge in [-0.05, 0) is 38.0 Å². The fraction of sp³-hybridized carbons (Fsp3) is 0.577. The van der Waals surface area contributed by atoms with Crippen LogP contribution in [0.15, 0.2) is 24.3 Å². The molecule has 6 nitrogen and oxygen atoms in total. The molecule has 1 saturated heterocycles. The molecule has 0 bridgehead atoms. The summed E-state index contributed by atoms with van der Waals surface area (Å²) < 4.78 is 5.28. The summed E-state index contributed by atoms with van der Waals surface area (Å²) in [5, 5.41) is 0. The highest BCUT2D eigenvalue weighted by Crippen LogP contribution is 2.26. The van der Waals surface area contributed by atoms with Crippen LogP contribution in [0.2, 0.25) is 0 Å². The number of piperazine rings is 1. The number of carbonyl (C=O) groups excluding carboxylic acids is 1. The van der Waals surface area contributed by atoms with Crippen LogP contribution >= 0.6 is 0 Å². The summed E-state index contributed by atoms with van der Waals surface area (Å²) in [6.07, 6.45) is 7.37. The maximum atomic E-state index is 12.6. The zero-order valence-electron chi connectivity index (χ0n) is 20.2. The molecule has 2 heterocycles. The molecule has 32 heavy (non-hydrogen) atoms. The van der Waals surface area contributed by atoms with E-state index in [4.69, 9.17) is 9.72 Å². The first-order valence-electron chi connectivity index (χ1n) is 12.0. The molecule has 6 heteroatoms. The number of methoxy groups -OCH3 is 1. The molecule has 1 aliphatic heterocycles. The Labute approximate surface area is 193 Å². The molecule has 1 fully saturated rings. The number of hydrogen-bond donors (Lipinski definition) is 0. The Morgan fingerprint density at radius 1 is 0.969 bits per heavy atom. The van der Waals surface area contributed by atoms with E-state index in [1.165, 1.54) is 24.8 Å². The first-order chi connectivity index (χ1) is 15.5. The quantitative estimate of drug-likeness (QED) is 0.503. The van der Waals surface area contributed by atoms with Gasteiger partial charge in [-0.1, -0.05) is 44.7 Å². The highest BCUT2D eigenvalue weighted by molar-refractivity contribution is 5.76. The first kappa shape index (κ1) is 24.0. The lowest BCUT2D eigenvalue weighted by molar-refractivity contribution is -0.131. The SMILES string of the molecule is CCCCCCCC(=O)N1CCN(c2nc(C)nc(C)c2Cc2ccc(OC)cc2)CC1. The van der Waals surface area contributed by atoms with Crippen LogP contribution in [0.1, 0.15) is 68.1 Å². The van der Waals surface area contributed by atoms with E-state index >= 15 is 0 Å². The first-order valence-corrected chi connectivity index (χ1v) is 12.0. The number of aryl methyl sites for hydroxylation is 2. The maximum Gasteiger partial charge on any atom is 0.222 e. The van der Waals surface area contributed by atoms with Gasteiger partial charge in [0.15, 0.2) is 0 Å². The van der Waals surface area contributed by atoms with Crippen molar-refractivity contribution < 1.29 is 9.53 Å². The van der Waals surface area contributed by atoms with E-state index in [-0.39, 0.29) is 0 Å². The lowest BCUT2D eigenvalue weighted by Crippen LogP contribution is -2.49. The highest BCUT2D eigenvalue weighted by atomic mass is 16.5. The van der Waals surface area contributed by atoms with Crippen LogP contribution in [0.3, 0.4) is 0 Å². The van der Waals surface area contributed by atoms with Crippen molar-refractivity contribution in [3.8, 4) is 5.75 Å². The Balaban J connectivity index is 1.63. The van der Waals surface area contributed by atoms with Gasteiger partial charge >= 0.3 is 0 Å². The third-order valence-corrected chi connectivity index (χ3v) is 6.27. The zero-order valence-corrected chi connectivity index (χ0v) is 20.2. The summed E-state index contributed by atoms with van der Waals surface area (Å²) in [6.45, 7) is 9.38. The van der Waals surface area contributed by atoms with E-state index in [0.717, 1.165) is 74.1 Å². The smallest absolute Gasteiger partial charge is 0.222 e. The molecule has 1 amide bonds. The predicted molar refractivity (Wildman–Crippen MR) is 129 cm³/mol. The lowest BCUT2D eigenvalue weighted by atomic mass is 10.0. The van der Waals surface area contributed by atoms with Gasteiger partial charge in [0, 0.05) is 50.3 Å². The molecule has 0 unspecified atom stereocenters. The molecule has 0 aliphatic carbocycles. The number of amides is 1. The number of ether oxygens (including phenoxy) is 1. The standard InChI is InChI=1S/C26H38N4O2/c1-5-6-7-8-9-10-25(31)29-15-17-30(18-16-29)26-24(20(2)27-21(3)28-26)19-22-11-13-23(32-4)14-12-22/h11-14H,5-10,15-19H2,1-4H3. The molecule has 174 valence electrons. The molecule has 1 aliphatic rings. The van der Waals surface area contributed by atoms with E-state index in [1.54, 1.807) is 7.11 Å². The Morgan fingerprint density at radius 3 is 2.31 bits per heavy atom. The number of aromatic nitrogens is 2. The fourth-order valence-corrected chi connectivity index (χ4v) is 4.34. The third kappa shape index (κ3) is 6.44. The van der Waals surface area contributed by atoms with Crippen molar-refractivity contribution in [3.05, 3.63) is 46.9 Å². The number of nitrogens with zero attached hydrogens (tertiary/aromatic N) is 4. The summed E-state index contributed by atoms with van der Waals surface area (Å²) in [6, 6.07) is 8.18. The van der Waals surface area contributed by atoms with E-state index in [1.807, 2.05) is 24.0 Å². The van der Waals surface area contributed by atoms with E-state index in [2.05, 4.69) is 35.9 Å². The van der Waals surface area contributed by atoms with Gasteiger partial charge in [0.1, 0.15) is 17.4 Å². The second-order valence-corrected chi connectivity index (χ2v) is 8.72. The van der Waals surface area contributed by atoms with E-state index in [0.29, 0.717) is 12.3 Å². The molecular formula is C26H38N4O2. The van der Waals surface area contributed by atoms with Crippen molar-refractivity contribution in [2.45, 2.75) is 65.7 Å². The van der Waals surface area contributed by atoms with Gasteiger partial charge < -0.3 is 14.5 Å². The predicted octanol–water partition coefficient (Wildman–Crippen LogP) is 4.70. The molecule has 3 rings (SSSR count). The molecule has 1 aromatic carbocycles. The number of rotatable bonds is 10. The number of carbonyl (C=O) groups is 1. The van der Waals surface area contributed by atoms with Gasteiger partial charge in [0.2, 0.25) is 5.91 Å². The fourth-order valence-electron chi connectivity index (χ4n) is 4.34. The zero-order chi connectivity index (χ0) is 22.9. The van der Waals surface area contributed by atoms with E-state index < -0.39 is 0 Å². The largest absolute Gasteiger partial charge is 0.497 e. The highest BCUT2D eigenvalue weighted by Gasteiger charge is 2.24. The van der Waals surface area contributed by atoms with Crippen molar-refractivity contribution >= 4 is 11.7 Å². The molecule has 0 spiro atoms. The molecule has 0 atom stereocenters. The van der Waals surface area contributed by atoms with Gasteiger partial charge in [0.05, 0.1) is 7.11 Å². The molecule has 0 radical (unpaired) electrons. The Bertz CT molecular complexity index is 874. The lowest BCUT2D eigenvalue weighted by Gasteiger charge is -2.36. The van der Waals surface area contributed by atoms with Crippen LogP contribution in [0.4, 0.5) is 5.82 Å². The van der Waals surface area contributed by atoms with Crippen molar-refractivity contribution in [1.29, 1.82) is 0 Å². The van der Waals surface area contributed by atoms with Gasteiger partial charge in [0.25, 0.3) is 0 Å². The number of benzene rings is 1. The minimum Gasteiger partial charge on any atom is -0.497 e. The minimum atomic E-state index is 0.301. The Morgan fingerprint density at radius 2 is 1.66 bits per heavy atom. The molecule has 0 N–H and O–H groups in total. The van der Waals surface area contributed by atoms with Crippen molar-refractivity contribution in [2.75, 3.05) is 38.2 Å². The minimum absolute atomic E-state index is 0.301. The van der Waals surface area contributed by atoms with Crippen molar-refractivity contribution in [1.82, 2.24) is 14.9 Å². The van der Waals surface area contributed by atoms with Gasteiger partial charge in [-0.25, -0.2) is 9.97 Å². The second-order valence-electron chi connectivity index (χ2n) is 8.72. The van der Waals surface area contributed by atoms with Crippen molar-refractivity contribution in [3.63, 3.8) is 0 Å². The number of anilines is 1. The number of unbranched alkanes of at least 4 members (excludes halogenated alkanes) is 4. The Hall–Kier alpha value is -2.63. The summed E-state index contributed by atoms with van der Waals surface area (Å²) in [7, 11) is 1.68. The summed E-state index contributed by atoms with van der Waals surface area (Å²) in [4.78, 5) is 26.4. The maximum absolute atomic E-state index is 12.6. The van der Waals surface area contributed by atoms with Crippen LogP contribution < -0.4 is 9.64 Å². The normalized spacial score (nSPS) is 14.0. The van der Waals surface area contributed by atoms with Crippen LogP contribution in [0.5, 0.6) is 5.75 Å². The molecule has 0 saturated carbocycles. The molecule has 1 aromatic heterocycles. The van der Waals surface area contributed by atoms with Crippen LogP contribution in [0.25, 0.3) is 0 Å². The summed E-state index contributed by atoms with van der Waals surface area (Å²) in [5.41, 5.74) is 3.39. The average molecular weight is 439 g/mol. The monoisotopic (exact) mass is 438 g/mol. The van der Waals surface area contributed by atoms with Crippen LogP contribution in [-0.2, 0) is 11.2 Å². The molecular weight excluding hydrogens is 400 g/mol. The molecule has 2 aromatic rings. The van der Waals surface area contributed by atoms with Gasteiger partial charge in [-0.15, -0.1) is 0 Å². The summed E-state index contributed by atoms with van der Waals surface area (Å²) >= 11 is 0. The summed E-state index contributed by atoms with van der Waals surface area (Å²) in [5.74, 6) is 2.96. The Kier molecular flexibility index (Phi) is 8.89. The second kappa shape index (κ2) is 11.8. The topological polar surface area (TPSA) is 58.6 Å². The average Bonchev–Trinajstić information content (AvgIpc) is 2.81. The number of hydrogen-bond acceptors (Lipinski definition) is 5. The van der Waals surface area contributed by atoms with E-state index in [9.17, 15) is 4.79 Å². The van der Waals surface area contributed by atoms with Gasteiger partial charge in [-0.2, -0.15) is 0 Å². The van der Waals surface area contributed by atoms with Crippen LogP contribution in [-0.4, -0.2) is 54.1 Å².